The molecule has 0 spiro atoms. The van der Waals surface area contributed by atoms with E-state index in [4.69, 9.17) is 4.11 Å². The maximum absolute atomic E-state index is 9.58. The smallest absolute Gasteiger partial charge is 0.201 e. The van der Waals surface area contributed by atoms with Crippen LogP contribution >= 0.6 is 0 Å². The van der Waals surface area contributed by atoms with Gasteiger partial charge in [-0.2, -0.15) is 0 Å². The van der Waals surface area contributed by atoms with Crippen LogP contribution in [0.1, 0.15) is 101 Å². The maximum Gasteiger partial charge on any atom is 0.212 e. The molecule has 1 heterocycles. The van der Waals surface area contributed by atoms with Gasteiger partial charge in [0, 0.05) is 22.7 Å². The summed E-state index contributed by atoms with van der Waals surface area (Å²) in [4.78, 5) is 0. The fraction of sp³-hybridized carbons (Fsp3) is 0.607. The average molecular weight is 395 g/mol. The summed E-state index contributed by atoms with van der Waals surface area (Å²) in [5.41, 5.74) is 4.46. The molecule has 1 aromatic heterocycles. The molecule has 1 heteroatoms. The number of hydrogen-bond donors (Lipinski definition) is 0. The molecule has 156 valence electrons. The molecule has 0 amide bonds. The fourth-order valence-corrected chi connectivity index (χ4v) is 6.12. The van der Waals surface area contributed by atoms with E-state index in [0.29, 0.717) is 0 Å². The predicted molar refractivity (Wildman–Crippen MR) is 123 cm³/mol. The highest BCUT2D eigenvalue weighted by molar-refractivity contribution is 5.62. The van der Waals surface area contributed by atoms with Crippen LogP contribution in [0.3, 0.4) is 0 Å². The topological polar surface area (TPSA) is 3.88 Å². The van der Waals surface area contributed by atoms with Crippen LogP contribution in [0.4, 0.5) is 0 Å². The molecule has 0 bridgehead atoms. The van der Waals surface area contributed by atoms with Crippen LogP contribution in [-0.4, -0.2) is 0 Å². The van der Waals surface area contributed by atoms with Crippen molar-refractivity contribution in [2.75, 3.05) is 0 Å². The minimum Gasteiger partial charge on any atom is -0.201 e. The second-order valence-corrected chi connectivity index (χ2v) is 10.9. The number of hydrogen-bond acceptors (Lipinski definition) is 0. The van der Waals surface area contributed by atoms with Gasteiger partial charge < -0.3 is 0 Å². The molecule has 1 aromatic carbocycles. The lowest BCUT2D eigenvalue weighted by Gasteiger charge is -2.35. The van der Waals surface area contributed by atoms with Gasteiger partial charge in [-0.15, -0.1) is 0 Å². The molecular weight excluding hydrogens is 350 g/mol. The molecule has 0 radical (unpaired) electrons. The Balaban J connectivity index is 1.74. The SMILES string of the molecule is [2H]C([2H])([2H])C1(c2ccc(-c3ccc(C4([2H])C(C)(C)CCC4(C)C)c[n+]3C)c(C)c2)CCCC1. The molecule has 2 fully saturated rings. The highest BCUT2D eigenvalue weighted by Gasteiger charge is 2.48. The monoisotopic (exact) mass is 394 g/mol. The number of aryl methyl sites for hydroxylation is 2. The Labute approximate surface area is 184 Å². The zero-order chi connectivity index (χ0) is 24.4. The number of benzene rings is 1. The van der Waals surface area contributed by atoms with Crippen molar-refractivity contribution < 1.29 is 10.1 Å². The van der Waals surface area contributed by atoms with Crippen molar-refractivity contribution in [3.63, 3.8) is 0 Å². The molecular formula is C28H40N+. The first-order valence-electron chi connectivity index (χ1n) is 13.3. The lowest BCUT2D eigenvalue weighted by molar-refractivity contribution is -0.661. The maximum atomic E-state index is 9.58. The van der Waals surface area contributed by atoms with E-state index in [9.17, 15) is 1.37 Å². The van der Waals surface area contributed by atoms with Gasteiger partial charge in [-0.05, 0) is 78.0 Å². The summed E-state index contributed by atoms with van der Waals surface area (Å²) >= 11 is 0. The second kappa shape index (κ2) is 6.96. The predicted octanol–water partition coefficient (Wildman–Crippen LogP) is 7.25. The fourth-order valence-electron chi connectivity index (χ4n) is 6.12. The normalized spacial score (nSPS) is 26.4. The van der Waals surface area contributed by atoms with Crippen LogP contribution in [0.2, 0.25) is 0 Å². The van der Waals surface area contributed by atoms with Crippen molar-refractivity contribution in [1.82, 2.24) is 0 Å². The summed E-state index contributed by atoms with van der Waals surface area (Å²) in [5.74, 6) is -0.649. The summed E-state index contributed by atoms with van der Waals surface area (Å²) in [6.07, 6.45) is 7.70. The first kappa shape index (κ1) is 16.1. The molecule has 0 N–H and O–H groups in total. The Hall–Kier alpha value is -1.63. The standard InChI is InChI=1S/C28H40N/c1-20-18-22(28(6)14-8-9-15-28)11-12-23(20)24-13-10-21(19-29(24)7)25-26(2,3)16-17-27(25,4)5/h10-13,18-19,25H,8-9,14-17H2,1-7H3/q+1/i6D3,25D. The van der Waals surface area contributed by atoms with Gasteiger partial charge in [-0.25, -0.2) is 4.57 Å². The van der Waals surface area contributed by atoms with E-state index in [0.717, 1.165) is 66.5 Å². The molecule has 0 atom stereocenters. The highest BCUT2D eigenvalue weighted by Crippen LogP contribution is 2.58. The van der Waals surface area contributed by atoms with Crippen LogP contribution in [0.25, 0.3) is 11.3 Å². The van der Waals surface area contributed by atoms with Crippen molar-refractivity contribution >= 4 is 0 Å². The lowest BCUT2D eigenvalue weighted by Crippen LogP contribution is -2.34. The molecule has 0 saturated heterocycles. The minimum absolute atomic E-state index is 0.0898. The van der Waals surface area contributed by atoms with Crippen molar-refractivity contribution in [3.05, 3.63) is 53.2 Å². The first-order chi connectivity index (χ1) is 15.2. The highest BCUT2D eigenvalue weighted by atomic mass is 14.9. The van der Waals surface area contributed by atoms with Crippen LogP contribution in [0.5, 0.6) is 0 Å². The minimum atomic E-state index is -1.98. The van der Waals surface area contributed by atoms with E-state index >= 15 is 0 Å². The third-order valence-electron chi connectivity index (χ3n) is 7.66. The molecule has 0 unspecified atom stereocenters. The van der Waals surface area contributed by atoms with Crippen LogP contribution in [-0.2, 0) is 12.5 Å². The molecule has 29 heavy (non-hydrogen) atoms. The average Bonchev–Trinajstić information content (AvgIpc) is 3.28. The first-order valence-corrected chi connectivity index (χ1v) is 11.3. The Morgan fingerprint density at radius 2 is 1.62 bits per heavy atom. The lowest BCUT2D eigenvalue weighted by atomic mass is 9.69. The van der Waals surface area contributed by atoms with Crippen LogP contribution < -0.4 is 4.57 Å². The largest absolute Gasteiger partial charge is 0.212 e. The van der Waals surface area contributed by atoms with Crippen LogP contribution in [0.15, 0.2) is 36.5 Å². The van der Waals surface area contributed by atoms with E-state index in [1.165, 1.54) is 0 Å². The molecule has 4 rings (SSSR count). The molecule has 2 aliphatic carbocycles. The summed E-state index contributed by atoms with van der Waals surface area (Å²) in [5, 5.41) is 0. The Bertz CT molecular complexity index is 1040. The van der Waals surface area contributed by atoms with Crippen molar-refractivity contribution in [2.24, 2.45) is 17.9 Å². The van der Waals surface area contributed by atoms with E-state index in [2.05, 4.69) is 76.7 Å². The van der Waals surface area contributed by atoms with E-state index in [1.54, 1.807) is 0 Å². The summed E-state index contributed by atoms with van der Waals surface area (Å²) in [7, 11) is 2.06. The zero-order valence-corrected chi connectivity index (χ0v) is 19.2. The molecule has 0 aliphatic heterocycles. The third kappa shape index (κ3) is 3.56. The molecule has 2 aromatic rings. The molecule has 1 nitrogen and oxygen atoms in total. The van der Waals surface area contributed by atoms with Gasteiger partial charge in [0.2, 0.25) is 5.69 Å². The summed E-state index contributed by atoms with van der Waals surface area (Å²) < 4.78 is 36.4. The second-order valence-electron chi connectivity index (χ2n) is 10.9. The van der Waals surface area contributed by atoms with Crippen LogP contribution in [0, 0.1) is 17.8 Å². The summed E-state index contributed by atoms with van der Waals surface area (Å²) in [6, 6.07) is 10.5. The van der Waals surface area contributed by atoms with Gasteiger partial charge in [0.1, 0.15) is 7.05 Å². The van der Waals surface area contributed by atoms with E-state index in [-0.39, 0.29) is 10.8 Å². The zero-order valence-electron chi connectivity index (χ0n) is 23.2. The third-order valence-corrected chi connectivity index (χ3v) is 7.66. The van der Waals surface area contributed by atoms with E-state index in [1.807, 2.05) is 6.07 Å². The Morgan fingerprint density at radius 3 is 2.17 bits per heavy atom. The number of nitrogens with zero attached hydrogens (tertiary/aromatic N) is 1. The van der Waals surface area contributed by atoms with Gasteiger partial charge in [-0.3, -0.25) is 0 Å². The number of rotatable bonds is 3. The van der Waals surface area contributed by atoms with Crippen molar-refractivity contribution in [1.29, 1.82) is 0 Å². The van der Waals surface area contributed by atoms with E-state index < -0.39 is 18.2 Å². The molecule has 2 aliphatic rings. The Kier molecular flexibility index (Phi) is 3.87. The van der Waals surface area contributed by atoms with Crippen molar-refractivity contribution in [2.45, 2.75) is 91.3 Å². The number of aromatic nitrogens is 1. The summed E-state index contributed by atoms with van der Waals surface area (Å²) in [6.45, 7) is 9.03. The quantitative estimate of drug-likeness (QED) is 0.483. The van der Waals surface area contributed by atoms with Gasteiger partial charge in [0.05, 0.1) is 0 Å². The van der Waals surface area contributed by atoms with Gasteiger partial charge in [0.25, 0.3) is 0 Å². The van der Waals surface area contributed by atoms with Gasteiger partial charge in [-0.1, -0.05) is 59.5 Å². The molecule has 2 saturated carbocycles. The van der Waals surface area contributed by atoms with Gasteiger partial charge >= 0.3 is 0 Å². The van der Waals surface area contributed by atoms with Gasteiger partial charge in [0.15, 0.2) is 6.20 Å². The van der Waals surface area contributed by atoms with Crippen molar-refractivity contribution in [3.8, 4) is 11.3 Å². The number of pyridine rings is 1. The Morgan fingerprint density at radius 1 is 0.966 bits per heavy atom.